The van der Waals surface area contributed by atoms with Gasteiger partial charge in [0, 0.05) is 11.6 Å². The number of amides is 1. The number of rotatable bonds is 3. The summed E-state index contributed by atoms with van der Waals surface area (Å²) in [6.07, 6.45) is 0. The van der Waals surface area contributed by atoms with E-state index in [-0.39, 0.29) is 17.7 Å². The summed E-state index contributed by atoms with van der Waals surface area (Å²) in [5, 5.41) is 6.56. The molecule has 1 aromatic heterocycles. The van der Waals surface area contributed by atoms with Crippen molar-refractivity contribution in [2.75, 3.05) is 6.54 Å². The summed E-state index contributed by atoms with van der Waals surface area (Å²) in [5.74, 6) is 5.70. The van der Waals surface area contributed by atoms with Crippen LogP contribution in [0.2, 0.25) is 0 Å². The number of benzene rings is 1. The molecule has 5 nitrogen and oxygen atoms in total. The SMILES string of the molecule is Cc1cc(C(=O)NC(C)c2cccc(C#CCN)c2)on1. The van der Waals surface area contributed by atoms with Gasteiger partial charge in [-0.3, -0.25) is 4.79 Å². The zero-order valence-electron chi connectivity index (χ0n) is 12.0. The van der Waals surface area contributed by atoms with E-state index >= 15 is 0 Å². The number of carbonyl (C=O) groups is 1. The van der Waals surface area contributed by atoms with Crippen LogP contribution in [0.1, 0.15) is 40.3 Å². The van der Waals surface area contributed by atoms with Crippen LogP contribution in [-0.4, -0.2) is 17.6 Å². The molecule has 0 saturated carbocycles. The monoisotopic (exact) mass is 283 g/mol. The minimum absolute atomic E-state index is 0.164. The van der Waals surface area contributed by atoms with E-state index in [1.807, 2.05) is 31.2 Å². The molecule has 0 aliphatic heterocycles. The summed E-state index contributed by atoms with van der Waals surface area (Å²) in [7, 11) is 0. The third-order valence-corrected chi connectivity index (χ3v) is 2.92. The normalized spacial score (nSPS) is 11.4. The predicted molar refractivity (Wildman–Crippen MR) is 79.5 cm³/mol. The third-order valence-electron chi connectivity index (χ3n) is 2.92. The van der Waals surface area contributed by atoms with Crippen LogP contribution in [0.25, 0.3) is 0 Å². The first kappa shape index (κ1) is 14.8. The smallest absolute Gasteiger partial charge is 0.290 e. The van der Waals surface area contributed by atoms with Gasteiger partial charge in [-0.25, -0.2) is 0 Å². The highest BCUT2D eigenvalue weighted by molar-refractivity contribution is 5.91. The van der Waals surface area contributed by atoms with Crippen LogP contribution >= 0.6 is 0 Å². The molecule has 3 N–H and O–H groups in total. The molecule has 2 aromatic rings. The summed E-state index contributed by atoms with van der Waals surface area (Å²) in [5.41, 5.74) is 7.86. The van der Waals surface area contributed by atoms with Gasteiger partial charge in [0.25, 0.3) is 5.91 Å². The molecule has 1 heterocycles. The lowest BCUT2D eigenvalue weighted by molar-refractivity contribution is 0.0902. The first-order chi connectivity index (χ1) is 10.1. The second-order valence-corrected chi connectivity index (χ2v) is 4.66. The number of nitrogens with one attached hydrogen (secondary N) is 1. The van der Waals surface area contributed by atoms with E-state index in [2.05, 4.69) is 22.3 Å². The Morgan fingerprint density at radius 3 is 2.95 bits per heavy atom. The van der Waals surface area contributed by atoms with Crippen molar-refractivity contribution in [2.45, 2.75) is 19.9 Å². The Balaban J connectivity index is 2.09. The zero-order chi connectivity index (χ0) is 15.2. The van der Waals surface area contributed by atoms with Crippen molar-refractivity contribution in [3.8, 4) is 11.8 Å². The molecule has 0 saturated heterocycles. The van der Waals surface area contributed by atoms with Crippen molar-refractivity contribution in [2.24, 2.45) is 5.73 Å². The minimum Gasteiger partial charge on any atom is -0.351 e. The van der Waals surface area contributed by atoms with Gasteiger partial charge in [0.15, 0.2) is 0 Å². The lowest BCUT2D eigenvalue weighted by Crippen LogP contribution is -2.26. The average Bonchev–Trinajstić information content (AvgIpc) is 2.92. The van der Waals surface area contributed by atoms with Crippen LogP contribution in [-0.2, 0) is 0 Å². The van der Waals surface area contributed by atoms with Crippen LogP contribution < -0.4 is 11.1 Å². The fourth-order valence-corrected chi connectivity index (χ4v) is 1.86. The number of carbonyl (C=O) groups excluding carboxylic acids is 1. The largest absolute Gasteiger partial charge is 0.351 e. The standard InChI is InChI=1S/C16H17N3O2/c1-11-9-15(21-19-11)16(20)18-12(2)14-7-3-5-13(10-14)6-4-8-17/h3,5,7,9-10,12H,8,17H2,1-2H3,(H,18,20). The quantitative estimate of drug-likeness (QED) is 0.841. The zero-order valence-corrected chi connectivity index (χ0v) is 12.0. The number of hydrogen-bond acceptors (Lipinski definition) is 4. The van der Waals surface area contributed by atoms with Gasteiger partial charge in [0.1, 0.15) is 0 Å². The van der Waals surface area contributed by atoms with Gasteiger partial charge in [-0.15, -0.1) is 0 Å². The van der Waals surface area contributed by atoms with E-state index in [9.17, 15) is 4.79 Å². The number of nitrogens with two attached hydrogens (primary N) is 1. The minimum atomic E-state index is -0.290. The van der Waals surface area contributed by atoms with E-state index in [0.29, 0.717) is 12.2 Å². The van der Waals surface area contributed by atoms with Crippen LogP contribution in [0.15, 0.2) is 34.9 Å². The van der Waals surface area contributed by atoms with Gasteiger partial charge < -0.3 is 15.6 Å². The molecule has 1 amide bonds. The lowest BCUT2D eigenvalue weighted by atomic mass is 10.1. The first-order valence-corrected chi connectivity index (χ1v) is 6.63. The van der Waals surface area contributed by atoms with Crippen LogP contribution in [0.3, 0.4) is 0 Å². The highest BCUT2D eigenvalue weighted by atomic mass is 16.5. The molecule has 5 heteroatoms. The van der Waals surface area contributed by atoms with E-state index in [1.54, 1.807) is 13.0 Å². The molecule has 1 atom stereocenters. The molecular weight excluding hydrogens is 266 g/mol. The molecule has 21 heavy (non-hydrogen) atoms. The molecule has 2 rings (SSSR count). The Hall–Kier alpha value is -2.58. The molecule has 1 unspecified atom stereocenters. The molecule has 0 aliphatic rings. The maximum Gasteiger partial charge on any atom is 0.290 e. The first-order valence-electron chi connectivity index (χ1n) is 6.63. The summed E-state index contributed by atoms with van der Waals surface area (Å²) in [6, 6.07) is 9.11. The second-order valence-electron chi connectivity index (χ2n) is 4.66. The number of hydrogen-bond donors (Lipinski definition) is 2. The van der Waals surface area contributed by atoms with Crippen molar-refractivity contribution in [3.05, 3.63) is 52.9 Å². The van der Waals surface area contributed by atoms with Gasteiger partial charge in [-0.1, -0.05) is 29.1 Å². The number of aryl methyl sites for hydroxylation is 1. The molecule has 1 aromatic carbocycles. The Morgan fingerprint density at radius 1 is 1.48 bits per heavy atom. The topological polar surface area (TPSA) is 81.2 Å². The Bertz CT molecular complexity index is 695. The Kier molecular flexibility index (Phi) is 4.75. The molecule has 108 valence electrons. The highest BCUT2D eigenvalue weighted by Gasteiger charge is 2.15. The van der Waals surface area contributed by atoms with Gasteiger partial charge >= 0.3 is 0 Å². The summed E-state index contributed by atoms with van der Waals surface area (Å²) in [6.45, 7) is 3.99. The molecule has 0 aliphatic carbocycles. The fourth-order valence-electron chi connectivity index (χ4n) is 1.86. The molecule has 0 bridgehead atoms. The molecule has 0 radical (unpaired) electrons. The fraction of sp³-hybridized carbons (Fsp3) is 0.250. The van der Waals surface area contributed by atoms with Gasteiger partial charge in [-0.2, -0.15) is 0 Å². The van der Waals surface area contributed by atoms with E-state index in [4.69, 9.17) is 10.3 Å². The van der Waals surface area contributed by atoms with Crippen molar-refractivity contribution in [1.82, 2.24) is 10.5 Å². The summed E-state index contributed by atoms with van der Waals surface area (Å²) >= 11 is 0. The van der Waals surface area contributed by atoms with Crippen molar-refractivity contribution < 1.29 is 9.32 Å². The average molecular weight is 283 g/mol. The Morgan fingerprint density at radius 2 is 2.29 bits per heavy atom. The van der Waals surface area contributed by atoms with Crippen LogP contribution in [0.4, 0.5) is 0 Å². The van der Waals surface area contributed by atoms with Gasteiger partial charge in [0.05, 0.1) is 18.3 Å². The van der Waals surface area contributed by atoms with Gasteiger partial charge in [0.2, 0.25) is 5.76 Å². The molecule has 0 fully saturated rings. The highest BCUT2D eigenvalue weighted by Crippen LogP contribution is 2.15. The van der Waals surface area contributed by atoms with Crippen molar-refractivity contribution in [1.29, 1.82) is 0 Å². The Labute approximate surface area is 123 Å². The maximum absolute atomic E-state index is 12.0. The van der Waals surface area contributed by atoms with E-state index in [0.717, 1.165) is 11.1 Å². The molecular formula is C16H17N3O2. The van der Waals surface area contributed by atoms with E-state index in [1.165, 1.54) is 0 Å². The predicted octanol–water partition coefficient (Wildman–Crippen LogP) is 1.78. The van der Waals surface area contributed by atoms with Gasteiger partial charge in [-0.05, 0) is 31.5 Å². The molecule has 0 spiro atoms. The van der Waals surface area contributed by atoms with E-state index < -0.39 is 0 Å². The maximum atomic E-state index is 12.0. The summed E-state index contributed by atoms with van der Waals surface area (Å²) in [4.78, 5) is 12.0. The number of aromatic nitrogens is 1. The lowest BCUT2D eigenvalue weighted by Gasteiger charge is -2.13. The second kappa shape index (κ2) is 6.73. The number of nitrogens with zero attached hydrogens (tertiary/aromatic N) is 1. The third kappa shape index (κ3) is 3.94. The van der Waals surface area contributed by atoms with Crippen LogP contribution in [0, 0.1) is 18.8 Å². The summed E-state index contributed by atoms with van der Waals surface area (Å²) < 4.78 is 4.94. The van der Waals surface area contributed by atoms with Crippen LogP contribution in [0.5, 0.6) is 0 Å². The van der Waals surface area contributed by atoms with Crippen molar-refractivity contribution in [3.63, 3.8) is 0 Å². The van der Waals surface area contributed by atoms with Crippen molar-refractivity contribution >= 4 is 5.91 Å².